The Balaban J connectivity index is 1.44. The summed E-state index contributed by atoms with van der Waals surface area (Å²) in [5.74, 6) is -0.778. The number of nitrogens with zero attached hydrogens (tertiary/aromatic N) is 5. The van der Waals surface area contributed by atoms with Crippen molar-refractivity contribution in [2.75, 3.05) is 0 Å². The Kier molecular flexibility index (Phi) is 4.79. The summed E-state index contributed by atoms with van der Waals surface area (Å²) in [4.78, 5) is 20.1. The van der Waals surface area contributed by atoms with E-state index in [0.717, 1.165) is 36.6 Å². The summed E-state index contributed by atoms with van der Waals surface area (Å²) < 4.78 is 29.7. The lowest BCUT2D eigenvalue weighted by Gasteiger charge is -2.45. The van der Waals surface area contributed by atoms with Crippen LogP contribution in [0.3, 0.4) is 0 Å². The summed E-state index contributed by atoms with van der Waals surface area (Å²) in [5, 5.41) is 11.5. The molecule has 2 aliphatic heterocycles. The van der Waals surface area contributed by atoms with E-state index in [9.17, 15) is 13.6 Å². The molecule has 2 atom stereocenters. The van der Waals surface area contributed by atoms with Gasteiger partial charge in [0.2, 0.25) is 0 Å². The van der Waals surface area contributed by atoms with Crippen molar-refractivity contribution in [1.29, 1.82) is 0 Å². The van der Waals surface area contributed by atoms with Crippen molar-refractivity contribution in [3.8, 4) is 22.6 Å². The van der Waals surface area contributed by atoms with Gasteiger partial charge in [-0.2, -0.15) is 10.2 Å². The fourth-order valence-corrected chi connectivity index (χ4v) is 5.55. The average Bonchev–Trinajstić information content (AvgIpc) is 3.45. The normalized spacial score (nSPS) is 19.2. The van der Waals surface area contributed by atoms with Crippen LogP contribution in [0.4, 0.5) is 8.78 Å². The van der Waals surface area contributed by atoms with Gasteiger partial charge in [0.25, 0.3) is 5.91 Å². The van der Waals surface area contributed by atoms with Crippen LogP contribution in [-0.4, -0.2) is 41.8 Å². The van der Waals surface area contributed by atoms with Gasteiger partial charge in [-0.15, -0.1) is 0 Å². The summed E-state index contributed by atoms with van der Waals surface area (Å²) in [5.41, 5.74) is 4.20. The molecule has 0 spiro atoms. The van der Waals surface area contributed by atoms with E-state index >= 15 is 0 Å². The number of hydrogen-bond donors (Lipinski definition) is 1. The molecule has 0 radical (unpaired) electrons. The van der Waals surface area contributed by atoms with Gasteiger partial charge in [-0.3, -0.25) is 14.6 Å². The van der Waals surface area contributed by atoms with E-state index in [1.807, 2.05) is 29.2 Å². The third kappa shape index (κ3) is 3.22. The van der Waals surface area contributed by atoms with Crippen molar-refractivity contribution < 1.29 is 13.6 Å². The topological polar surface area (TPSA) is 79.7 Å². The van der Waals surface area contributed by atoms with Gasteiger partial charge in [-0.25, -0.2) is 13.8 Å². The maximum Gasteiger partial charge on any atom is 0.255 e. The van der Waals surface area contributed by atoms with Crippen LogP contribution < -0.4 is 0 Å². The van der Waals surface area contributed by atoms with Crippen LogP contribution in [0.15, 0.2) is 48.8 Å². The predicted octanol–water partition coefficient (Wildman–Crippen LogP) is 4.44. The second kappa shape index (κ2) is 7.86. The lowest BCUT2D eigenvalue weighted by Crippen LogP contribution is -2.50. The molecule has 9 heteroatoms. The molecule has 6 rings (SSSR count). The van der Waals surface area contributed by atoms with E-state index < -0.39 is 11.6 Å². The van der Waals surface area contributed by atoms with Gasteiger partial charge in [-0.1, -0.05) is 18.2 Å². The van der Waals surface area contributed by atoms with Crippen molar-refractivity contribution in [3.05, 3.63) is 77.2 Å². The van der Waals surface area contributed by atoms with Crippen LogP contribution in [0.25, 0.3) is 22.6 Å². The molecule has 2 aliphatic rings. The van der Waals surface area contributed by atoms with Crippen LogP contribution >= 0.6 is 0 Å². The number of rotatable bonds is 3. The standard InChI is InChI=1S/C25H22F2N6O/c1-32-23(14-9-15(26)11-16(27)10-14)20-12-17-5-4-8-21(22(20)31-32)33(17)25(34)19-7-3-2-6-18(19)24-28-13-29-30-24/h2-3,6-7,9-11,13,17,21H,4-5,8,12H2,1H3,(H,28,29,30)/t17-,21+/m0/s1. The minimum atomic E-state index is -0.623. The van der Waals surface area contributed by atoms with Crippen molar-refractivity contribution in [2.24, 2.45) is 7.05 Å². The summed E-state index contributed by atoms with van der Waals surface area (Å²) in [6, 6.07) is 10.7. The van der Waals surface area contributed by atoms with Crippen molar-refractivity contribution >= 4 is 5.91 Å². The Morgan fingerprint density at radius 1 is 1.12 bits per heavy atom. The predicted molar refractivity (Wildman–Crippen MR) is 121 cm³/mol. The number of piperidine rings is 1. The number of carbonyl (C=O) groups excluding carboxylic acids is 1. The maximum absolute atomic E-state index is 14.0. The van der Waals surface area contributed by atoms with E-state index in [0.29, 0.717) is 34.6 Å². The number of aryl methyl sites for hydroxylation is 1. The molecule has 1 N–H and O–H groups in total. The first-order valence-corrected chi connectivity index (χ1v) is 11.3. The zero-order valence-electron chi connectivity index (χ0n) is 18.5. The largest absolute Gasteiger partial charge is 0.327 e. The van der Waals surface area contributed by atoms with Crippen molar-refractivity contribution in [1.82, 2.24) is 29.9 Å². The van der Waals surface area contributed by atoms with Gasteiger partial charge < -0.3 is 4.90 Å². The zero-order chi connectivity index (χ0) is 23.4. The molecule has 34 heavy (non-hydrogen) atoms. The molecule has 0 aliphatic carbocycles. The van der Waals surface area contributed by atoms with Crippen molar-refractivity contribution in [3.63, 3.8) is 0 Å². The number of nitrogens with one attached hydrogen (secondary N) is 1. The number of amides is 1. The Morgan fingerprint density at radius 3 is 2.68 bits per heavy atom. The van der Waals surface area contributed by atoms with Gasteiger partial charge in [0.15, 0.2) is 5.82 Å². The molecular formula is C25H22F2N6O. The van der Waals surface area contributed by atoms with Crippen LogP contribution in [-0.2, 0) is 13.5 Å². The fourth-order valence-electron chi connectivity index (χ4n) is 5.55. The van der Waals surface area contributed by atoms with E-state index in [-0.39, 0.29) is 18.0 Å². The van der Waals surface area contributed by atoms with Crippen LogP contribution in [0, 0.1) is 11.6 Å². The summed E-state index contributed by atoms with van der Waals surface area (Å²) in [6.45, 7) is 0. The van der Waals surface area contributed by atoms with Gasteiger partial charge in [-0.05, 0) is 43.9 Å². The molecule has 2 bridgehead atoms. The first-order valence-electron chi connectivity index (χ1n) is 11.3. The van der Waals surface area contributed by atoms with Crippen LogP contribution in [0.1, 0.15) is 46.9 Å². The molecule has 4 aromatic rings. The Labute approximate surface area is 194 Å². The Hall–Kier alpha value is -3.88. The van der Waals surface area contributed by atoms with E-state index in [1.54, 1.807) is 11.7 Å². The number of aromatic amines is 1. The highest BCUT2D eigenvalue weighted by Gasteiger charge is 2.44. The molecule has 4 heterocycles. The third-order valence-corrected chi connectivity index (χ3v) is 6.87. The molecule has 2 aromatic heterocycles. The lowest BCUT2D eigenvalue weighted by atomic mass is 9.81. The number of fused-ring (bicyclic) bond motifs is 4. The summed E-state index contributed by atoms with van der Waals surface area (Å²) >= 11 is 0. The van der Waals surface area contributed by atoms with Gasteiger partial charge in [0.05, 0.1) is 23.0 Å². The first-order chi connectivity index (χ1) is 16.5. The molecule has 7 nitrogen and oxygen atoms in total. The molecule has 1 fully saturated rings. The lowest BCUT2D eigenvalue weighted by molar-refractivity contribution is 0.0392. The van der Waals surface area contributed by atoms with E-state index in [2.05, 4.69) is 15.2 Å². The van der Waals surface area contributed by atoms with Crippen molar-refractivity contribution in [2.45, 2.75) is 37.8 Å². The van der Waals surface area contributed by atoms with Gasteiger partial charge >= 0.3 is 0 Å². The minimum absolute atomic E-state index is 0.0251. The zero-order valence-corrected chi connectivity index (χ0v) is 18.5. The SMILES string of the molecule is Cn1nc2c(c1-c1cc(F)cc(F)c1)C[C@@H]1CCC[C@H]2N1C(=O)c1ccccc1-c1ncn[nH]1. The summed E-state index contributed by atoms with van der Waals surface area (Å²) in [7, 11) is 1.78. The second-order valence-electron chi connectivity index (χ2n) is 8.89. The first kappa shape index (κ1) is 20.7. The quantitative estimate of drug-likeness (QED) is 0.490. The van der Waals surface area contributed by atoms with E-state index in [1.165, 1.54) is 18.5 Å². The number of benzene rings is 2. The summed E-state index contributed by atoms with van der Waals surface area (Å²) in [6.07, 6.45) is 4.64. The second-order valence-corrected chi connectivity index (χ2v) is 8.89. The molecule has 172 valence electrons. The number of halogens is 2. The van der Waals surface area contributed by atoms with E-state index in [4.69, 9.17) is 5.10 Å². The number of hydrogen-bond acceptors (Lipinski definition) is 4. The highest BCUT2D eigenvalue weighted by Crippen LogP contribution is 2.45. The van der Waals surface area contributed by atoms with Crippen LogP contribution in [0.5, 0.6) is 0 Å². The smallest absolute Gasteiger partial charge is 0.255 e. The highest BCUT2D eigenvalue weighted by molar-refractivity contribution is 6.00. The molecular weight excluding hydrogens is 438 g/mol. The monoisotopic (exact) mass is 460 g/mol. The number of aromatic nitrogens is 5. The fraction of sp³-hybridized carbons (Fsp3) is 0.280. The number of H-pyrrole nitrogens is 1. The molecule has 0 unspecified atom stereocenters. The molecule has 1 saturated heterocycles. The maximum atomic E-state index is 14.0. The minimum Gasteiger partial charge on any atom is -0.327 e. The highest BCUT2D eigenvalue weighted by atomic mass is 19.1. The Morgan fingerprint density at radius 2 is 1.91 bits per heavy atom. The van der Waals surface area contributed by atoms with Gasteiger partial charge in [0, 0.05) is 35.8 Å². The molecule has 1 amide bonds. The van der Waals surface area contributed by atoms with Gasteiger partial charge in [0.1, 0.15) is 18.0 Å². The molecule has 2 aromatic carbocycles. The third-order valence-electron chi connectivity index (χ3n) is 6.87. The Bertz CT molecular complexity index is 1380. The van der Waals surface area contributed by atoms with Crippen LogP contribution in [0.2, 0.25) is 0 Å². The number of carbonyl (C=O) groups is 1. The molecule has 0 saturated carbocycles. The average molecular weight is 460 g/mol.